The normalized spacial score (nSPS) is 32.7. The molecule has 1 unspecified atom stereocenters. The van der Waals surface area contributed by atoms with E-state index in [9.17, 15) is 4.79 Å². The Morgan fingerprint density at radius 2 is 1.83 bits per heavy atom. The van der Waals surface area contributed by atoms with Gasteiger partial charge in [-0.1, -0.05) is 6.42 Å². The molecule has 1 saturated heterocycles. The monoisotopic (exact) mass is 167 g/mol. The van der Waals surface area contributed by atoms with Crippen LogP contribution in [0, 0.1) is 0 Å². The molecule has 0 bridgehead atoms. The van der Waals surface area contributed by atoms with Crippen LogP contribution >= 0.6 is 0 Å². The van der Waals surface area contributed by atoms with Crippen LogP contribution in [0.1, 0.15) is 38.5 Å². The van der Waals surface area contributed by atoms with Gasteiger partial charge in [0.05, 0.1) is 6.04 Å². The highest BCUT2D eigenvalue weighted by molar-refractivity contribution is 5.84. The second kappa shape index (κ2) is 3.56. The molecule has 0 spiro atoms. The fourth-order valence-electron chi connectivity index (χ4n) is 2.40. The van der Waals surface area contributed by atoms with Crippen molar-refractivity contribution in [3.05, 3.63) is 0 Å². The summed E-state index contributed by atoms with van der Waals surface area (Å²) in [5, 5.41) is 0. The standard InChI is InChI=1S/C10H17NO/c12-10-6-2-1-5-9(10)11-7-3-4-8-11/h9H,1-8H2. The van der Waals surface area contributed by atoms with Gasteiger partial charge >= 0.3 is 0 Å². The van der Waals surface area contributed by atoms with E-state index in [4.69, 9.17) is 0 Å². The molecule has 2 nitrogen and oxygen atoms in total. The number of hydrogen-bond acceptors (Lipinski definition) is 2. The number of rotatable bonds is 1. The molecular weight excluding hydrogens is 150 g/mol. The van der Waals surface area contributed by atoms with Crippen LogP contribution in [-0.4, -0.2) is 29.8 Å². The fourth-order valence-corrected chi connectivity index (χ4v) is 2.40. The van der Waals surface area contributed by atoms with Gasteiger partial charge in [0.15, 0.2) is 0 Å². The van der Waals surface area contributed by atoms with Crippen molar-refractivity contribution in [2.75, 3.05) is 13.1 Å². The molecule has 1 saturated carbocycles. The lowest BCUT2D eigenvalue weighted by atomic mass is 9.93. The maximum atomic E-state index is 11.5. The quantitative estimate of drug-likeness (QED) is 0.591. The van der Waals surface area contributed by atoms with Crippen molar-refractivity contribution in [2.45, 2.75) is 44.6 Å². The van der Waals surface area contributed by atoms with Crippen molar-refractivity contribution >= 4 is 5.78 Å². The summed E-state index contributed by atoms with van der Waals surface area (Å²) in [6.45, 7) is 2.33. The molecule has 1 atom stereocenters. The average Bonchev–Trinajstić information content (AvgIpc) is 2.57. The van der Waals surface area contributed by atoms with Gasteiger partial charge in [-0.2, -0.15) is 0 Å². The second-order valence-electron chi connectivity index (χ2n) is 3.97. The van der Waals surface area contributed by atoms with Crippen LogP contribution in [-0.2, 0) is 4.79 Å². The summed E-state index contributed by atoms with van der Waals surface area (Å²) in [5.41, 5.74) is 0. The molecule has 0 amide bonds. The highest BCUT2D eigenvalue weighted by atomic mass is 16.1. The first-order valence-corrected chi connectivity index (χ1v) is 5.15. The predicted molar refractivity (Wildman–Crippen MR) is 48.1 cm³/mol. The minimum Gasteiger partial charge on any atom is -0.298 e. The lowest BCUT2D eigenvalue weighted by Gasteiger charge is -2.29. The second-order valence-corrected chi connectivity index (χ2v) is 3.97. The third-order valence-electron chi connectivity index (χ3n) is 3.10. The van der Waals surface area contributed by atoms with Gasteiger partial charge in [-0.3, -0.25) is 9.69 Å². The Morgan fingerprint density at radius 3 is 2.50 bits per heavy atom. The smallest absolute Gasteiger partial charge is 0.149 e. The van der Waals surface area contributed by atoms with Gasteiger partial charge < -0.3 is 0 Å². The van der Waals surface area contributed by atoms with Crippen molar-refractivity contribution in [1.82, 2.24) is 4.90 Å². The van der Waals surface area contributed by atoms with Crippen LogP contribution in [0.3, 0.4) is 0 Å². The van der Waals surface area contributed by atoms with Crippen LogP contribution in [0.15, 0.2) is 0 Å². The highest BCUT2D eigenvalue weighted by Crippen LogP contribution is 2.22. The molecule has 0 aromatic rings. The summed E-state index contributed by atoms with van der Waals surface area (Å²) in [5.74, 6) is 0.503. The van der Waals surface area contributed by atoms with Crippen molar-refractivity contribution in [2.24, 2.45) is 0 Å². The van der Waals surface area contributed by atoms with Gasteiger partial charge in [-0.25, -0.2) is 0 Å². The Balaban J connectivity index is 1.95. The third-order valence-corrected chi connectivity index (χ3v) is 3.10. The number of carbonyl (C=O) groups is 1. The van der Waals surface area contributed by atoms with Crippen LogP contribution in [0.5, 0.6) is 0 Å². The van der Waals surface area contributed by atoms with Crippen LogP contribution in [0.2, 0.25) is 0 Å². The third kappa shape index (κ3) is 1.53. The molecule has 2 rings (SSSR count). The zero-order valence-corrected chi connectivity index (χ0v) is 7.59. The number of carbonyl (C=O) groups excluding carboxylic acids is 1. The maximum Gasteiger partial charge on any atom is 0.149 e. The molecule has 2 heteroatoms. The van der Waals surface area contributed by atoms with Crippen LogP contribution in [0.4, 0.5) is 0 Å². The first-order chi connectivity index (χ1) is 5.88. The minimum absolute atomic E-state index is 0.307. The topological polar surface area (TPSA) is 20.3 Å². The summed E-state index contributed by atoms with van der Waals surface area (Å²) in [6, 6.07) is 0.307. The van der Waals surface area contributed by atoms with Gasteiger partial charge in [0, 0.05) is 6.42 Å². The van der Waals surface area contributed by atoms with Gasteiger partial charge in [0.25, 0.3) is 0 Å². The van der Waals surface area contributed by atoms with Crippen LogP contribution in [0.25, 0.3) is 0 Å². The first kappa shape index (κ1) is 8.24. The molecule has 12 heavy (non-hydrogen) atoms. The zero-order valence-electron chi connectivity index (χ0n) is 7.59. The Kier molecular flexibility index (Phi) is 2.45. The molecule has 0 N–H and O–H groups in total. The number of Topliss-reactive ketones (excluding diaryl/α,β-unsaturated/α-hetero) is 1. The van der Waals surface area contributed by atoms with E-state index in [0.29, 0.717) is 11.8 Å². The number of likely N-dealkylation sites (tertiary alicyclic amines) is 1. The van der Waals surface area contributed by atoms with E-state index in [1.54, 1.807) is 0 Å². The van der Waals surface area contributed by atoms with Crippen molar-refractivity contribution in [3.8, 4) is 0 Å². The summed E-state index contributed by atoms with van der Waals surface area (Å²) in [6.07, 6.45) is 6.93. The van der Waals surface area contributed by atoms with Gasteiger partial charge in [0.2, 0.25) is 0 Å². The summed E-state index contributed by atoms with van der Waals surface area (Å²) in [4.78, 5) is 13.9. The van der Waals surface area contributed by atoms with Crippen molar-refractivity contribution < 1.29 is 4.79 Å². The van der Waals surface area contributed by atoms with Crippen molar-refractivity contribution in [1.29, 1.82) is 0 Å². The molecule has 0 radical (unpaired) electrons. The molecule has 2 fully saturated rings. The lowest BCUT2D eigenvalue weighted by Crippen LogP contribution is -2.41. The van der Waals surface area contributed by atoms with E-state index in [-0.39, 0.29) is 0 Å². The summed E-state index contributed by atoms with van der Waals surface area (Å²) < 4.78 is 0. The van der Waals surface area contributed by atoms with E-state index in [2.05, 4.69) is 4.90 Å². The van der Waals surface area contributed by atoms with Crippen LogP contribution < -0.4 is 0 Å². The van der Waals surface area contributed by atoms with E-state index in [1.807, 2.05) is 0 Å². The first-order valence-electron chi connectivity index (χ1n) is 5.15. The fraction of sp³-hybridized carbons (Fsp3) is 0.900. The van der Waals surface area contributed by atoms with E-state index < -0.39 is 0 Å². The lowest BCUT2D eigenvalue weighted by molar-refractivity contribution is -0.125. The molecule has 2 aliphatic rings. The molecule has 0 aromatic carbocycles. The largest absolute Gasteiger partial charge is 0.298 e. The molecular formula is C10H17NO. The Labute approximate surface area is 73.9 Å². The molecule has 1 aliphatic carbocycles. The van der Waals surface area contributed by atoms with E-state index >= 15 is 0 Å². The number of nitrogens with zero attached hydrogens (tertiary/aromatic N) is 1. The Hall–Kier alpha value is -0.370. The maximum absolute atomic E-state index is 11.5. The van der Waals surface area contributed by atoms with E-state index in [0.717, 1.165) is 32.4 Å². The molecule has 68 valence electrons. The predicted octanol–water partition coefficient (Wildman–Crippen LogP) is 1.59. The molecule has 1 heterocycles. The summed E-state index contributed by atoms with van der Waals surface area (Å²) in [7, 11) is 0. The van der Waals surface area contributed by atoms with Crippen molar-refractivity contribution in [3.63, 3.8) is 0 Å². The molecule has 1 aliphatic heterocycles. The highest BCUT2D eigenvalue weighted by Gasteiger charge is 2.29. The Morgan fingerprint density at radius 1 is 1.08 bits per heavy atom. The molecule has 0 aromatic heterocycles. The van der Waals surface area contributed by atoms with Gasteiger partial charge in [-0.15, -0.1) is 0 Å². The minimum atomic E-state index is 0.307. The van der Waals surface area contributed by atoms with Gasteiger partial charge in [-0.05, 0) is 38.8 Å². The SMILES string of the molecule is O=C1CCCCC1N1CCCC1. The zero-order chi connectivity index (χ0) is 8.39. The van der Waals surface area contributed by atoms with Gasteiger partial charge in [0.1, 0.15) is 5.78 Å². The average molecular weight is 167 g/mol. The number of hydrogen-bond donors (Lipinski definition) is 0. The number of ketones is 1. The summed E-state index contributed by atoms with van der Waals surface area (Å²) >= 11 is 0. The van der Waals surface area contributed by atoms with E-state index in [1.165, 1.54) is 19.3 Å². The Bertz CT molecular complexity index is 173.